The summed E-state index contributed by atoms with van der Waals surface area (Å²) in [5.74, 6) is -0.691. The summed E-state index contributed by atoms with van der Waals surface area (Å²) in [4.78, 5) is 14.2. The highest BCUT2D eigenvalue weighted by Gasteiger charge is 2.20. The van der Waals surface area contributed by atoms with E-state index in [1.165, 1.54) is 12.1 Å². The third-order valence-corrected chi connectivity index (χ3v) is 5.50. The van der Waals surface area contributed by atoms with Crippen LogP contribution in [0.2, 0.25) is 5.02 Å². The molecule has 0 spiro atoms. The number of fused-ring (bicyclic) bond motifs is 1. The van der Waals surface area contributed by atoms with E-state index in [2.05, 4.69) is 10.3 Å². The number of halogens is 1. The number of hydrazine groups is 1. The fourth-order valence-electron chi connectivity index (χ4n) is 2.38. The van der Waals surface area contributed by atoms with E-state index < -0.39 is 15.9 Å². The van der Waals surface area contributed by atoms with Crippen molar-refractivity contribution in [2.75, 3.05) is 0 Å². The van der Waals surface area contributed by atoms with E-state index in [4.69, 9.17) is 16.0 Å². The Balaban J connectivity index is 1.79. The summed E-state index contributed by atoms with van der Waals surface area (Å²) in [6.45, 7) is 3.51. The average molecular weight is 379 g/mol. The fraction of sp³-hybridized carbons (Fsp3) is 0.118. The second-order valence-electron chi connectivity index (χ2n) is 5.57. The summed E-state index contributed by atoms with van der Waals surface area (Å²) in [5.41, 5.74) is 4.11. The summed E-state index contributed by atoms with van der Waals surface area (Å²) in [6, 6.07) is 11.5. The molecular weight excluding hydrogens is 364 g/mol. The summed E-state index contributed by atoms with van der Waals surface area (Å²) < 4.78 is 30.1. The van der Waals surface area contributed by atoms with E-state index in [1.807, 2.05) is 19.1 Å². The van der Waals surface area contributed by atoms with Crippen LogP contribution in [0.5, 0.6) is 0 Å². The molecule has 0 aliphatic heterocycles. The van der Waals surface area contributed by atoms with Crippen LogP contribution in [0.15, 0.2) is 51.8 Å². The number of sulfonamides is 1. The molecule has 3 rings (SSSR count). The first kappa shape index (κ1) is 17.5. The summed E-state index contributed by atoms with van der Waals surface area (Å²) >= 11 is 5.94. The van der Waals surface area contributed by atoms with Crippen LogP contribution in [0.3, 0.4) is 0 Å². The largest absolute Gasteiger partial charge is 0.451 e. The number of carbonyl (C=O) groups is 1. The zero-order valence-electron chi connectivity index (χ0n) is 13.5. The molecule has 1 aromatic heterocycles. The number of hydrogen-bond acceptors (Lipinski definition) is 4. The molecule has 0 radical (unpaired) electrons. The normalized spacial score (nSPS) is 11.6. The van der Waals surface area contributed by atoms with Crippen molar-refractivity contribution in [2.45, 2.75) is 18.7 Å². The molecule has 0 saturated heterocycles. The topological polar surface area (TPSA) is 88.4 Å². The Bertz CT molecular complexity index is 1070. The standard InChI is InChI=1S/C17H15ClN2O4S/c1-10-6-7-14-12(8-10)9-15(24-14)17(21)19-20-25(22,23)16-5-3-4-13(18)11(16)2/h3-9,20H,1-2H3,(H,19,21). The summed E-state index contributed by atoms with van der Waals surface area (Å²) in [6.07, 6.45) is 0. The first-order valence-electron chi connectivity index (χ1n) is 7.35. The van der Waals surface area contributed by atoms with Gasteiger partial charge >= 0.3 is 5.91 Å². The van der Waals surface area contributed by atoms with Crippen molar-refractivity contribution in [2.24, 2.45) is 0 Å². The molecule has 2 aromatic carbocycles. The Morgan fingerprint density at radius 1 is 1.12 bits per heavy atom. The molecule has 8 heteroatoms. The highest BCUT2D eigenvalue weighted by Crippen LogP contribution is 2.23. The van der Waals surface area contributed by atoms with Gasteiger partial charge < -0.3 is 4.42 Å². The lowest BCUT2D eigenvalue weighted by atomic mass is 10.2. The number of furan rings is 1. The van der Waals surface area contributed by atoms with E-state index in [-0.39, 0.29) is 10.7 Å². The minimum atomic E-state index is -3.96. The lowest BCUT2D eigenvalue weighted by Gasteiger charge is -2.10. The van der Waals surface area contributed by atoms with Crippen LogP contribution in [0.25, 0.3) is 11.0 Å². The highest BCUT2D eigenvalue weighted by molar-refractivity contribution is 7.89. The SMILES string of the molecule is Cc1ccc2oc(C(=O)NNS(=O)(=O)c3cccc(Cl)c3C)cc2c1. The minimum absolute atomic E-state index is 0.00566. The number of hydrogen-bond donors (Lipinski definition) is 2. The predicted octanol–water partition coefficient (Wildman–Crippen LogP) is 3.33. The van der Waals surface area contributed by atoms with Crippen molar-refractivity contribution < 1.29 is 17.6 Å². The van der Waals surface area contributed by atoms with Crippen molar-refractivity contribution in [3.63, 3.8) is 0 Å². The Labute approximate surface area is 149 Å². The number of benzene rings is 2. The van der Waals surface area contributed by atoms with E-state index in [9.17, 15) is 13.2 Å². The second kappa shape index (κ2) is 6.51. The van der Waals surface area contributed by atoms with E-state index in [0.29, 0.717) is 16.2 Å². The second-order valence-corrected chi connectivity index (χ2v) is 7.63. The van der Waals surface area contributed by atoms with Crippen LogP contribution in [0, 0.1) is 13.8 Å². The van der Waals surface area contributed by atoms with Gasteiger partial charge in [-0.25, -0.2) is 8.42 Å². The summed E-state index contributed by atoms with van der Waals surface area (Å²) in [7, 11) is -3.96. The zero-order valence-corrected chi connectivity index (χ0v) is 15.0. The number of rotatable bonds is 4. The summed E-state index contributed by atoms with van der Waals surface area (Å²) in [5, 5.41) is 1.08. The van der Waals surface area contributed by atoms with Crippen LogP contribution in [-0.4, -0.2) is 14.3 Å². The molecule has 0 bridgehead atoms. The van der Waals surface area contributed by atoms with Gasteiger partial charge in [0.05, 0.1) is 4.90 Å². The van der Waals surface area contributed by atoms with Gasteiger partial charge in [-0.05, 0) is 49.7 Å². The van der Waals surface area contributed by atoms with Crippen LogP contribution >= 0.6 is 11.6 Å². The molecule has 25 heavy (non-hydrogen) atoms. The lowest BCUT2D eigenvalue weighted by molar-refractivity contribution is 0.0919. The Morgan fingerprint density at radius 2 is 1.88 bits per heavy atom. The van der Waals surface area contributed by atoms with Gasteiger partial charge in [-0.15, -0.1) is 4.83 Å². The van der Waals surface area contributed by atoms with Gasteiger partial charge in [0.1, 0.15) is 5.58 Å². The molecule has 3 aromatic rings. The third-order valence-electron chi connectivity index (χ3n) is 3.70. The van der Waals surface area contributed by atoms with Crippen molar-refractivity contribution in [1.29, 1.82) is 0 Å². The van der Waals surface area contributed by atoms with Gasteiger partial charge in [-0.3, -0.25) is 10.2 Å². The van der Waals surface area contributed by atoms with Gasteiger partial charge in [0.15, 0.2) is 5.76 Å². The molecule has 2 N–H and O–H groups in total. The number of aryl methyl sites for hydroxylation is 1. The van der Waals surface area contributed by atoms with E-state index in [0.717, 1.165) is 10.9 Å². The maximum absolute atomic E-state index is 12.3. The van der Waals surface area contributed by atoms with Crippen LogP contribution in [0.4, 0.5) is 0 Å². The van der Waals surface area contributed by atoms with Crippen LogP contribution in [0.1, 0.15) is 21.7 Å². The number of amides is 1. The maximum atomic E-state index is 12.3. The molecule has 130 valence electrons. The lowest BCUT2D eigenvalue weighted by Crippen LogP contribution is -2.41. The monoisotopic (exact) mass is 378 g/mol. The molecule has 0 atom stereocenters. The molecule has 6 nitrogen and oxygen atoms in total. The molecule has 0 saturated carbocycles. The van der Waals surface area contributed by atoms with E-state index >= 15 is 0 Å². The fourth-order valence-corrected chi connectivity index (χ4v) is 3.72. The molecular formula is C17H15ClN2O4S. The molecule has 0 aliphatic rings. The van der Waals surface area contributed by atoms with Crippen LogP contribution < -0.4 is 10.3 Å². The van der Waals surface area contributed by atoms with Gasteiger partial charge in [0.2, 0.25) is 0 Å². The number of carbonyl (C=O) groups excluding carboxylic acids is 1. The third kappa shape index (κ3) is 3.53. The minimum Gasteiger partial charge on any atom is -0.451 e. The van der Waals surface area contributed by atoms with Crippen LogP contribution in [-0.2, 0) is 10.0 Å². The Kier molecular flexibility index (Phi) is 4.55. The molecule has 1 heterocycles. The smallest absolute Gasteiger partial charge is 0.301 e. The van der Waals surface area contributed by atoms with Gasteiger partial charge in [0.25, 0.3) is 10.0 Å². The van der Waals surface area contributed by atoms with Gasteiger partial charge in [0, 0.05) is 10.4 Å². The zero-order chi connectivity index (χ0) is 18.2. The highest BCUT2D eigenvalue weighted by atomic mass is 35.5. The first-order valence-corrected chi connectivity index (χ1v) is 9.21. The van der Waals surface area contributed by atoms with Crippen molar-refractivity contribution in [3.05, 3.63) is 64.4 Å². The quantitative estimate of drug-likeness (QED) is 0.681. The number of nitrogens with one attached hydrogen (secondary N) is 2. The van der Waals surface area contributed by atoms with Gasteiger partial charge in [-0.1, -0.05) is 29.3 Å². The first-order chi connectivity index (χ1) is 11.8. The van der Waals surface area contributed by atoms with Crippen molar-refractivity contribution in [1.82, 2.24) is 10.3 Å². The van der Waals surface area contributed by atoms with Crippen molar-refractivity contribution in [3.8, 4) is 0 Å². The predicted molar refractivity (Wildman–Crippen MR) is 94.9 cm³/mol. The molecule has 1 amide bonds. The molecule has 0 unspecified atom stereocenters. The molecule has 0 aliphatic carbocycles. The average Bonchev–Trinajstić information content (AvgIpc) is 2.98. The van der Waals surface area contributed by atoms with E-state index in [1.54, 1.807) is 25.1 Å². The Hall–Kier alpha value is -2.35. The van der Waals surface area contributed by atoms with Crippen molar-refractivity contribution >= 4 is 38.5 Å². The molecule has 0 fully saturated rings. The maximum Gasteiger partial charge on any atom is 0.301 e. The Morgan fingerprint density at radius 3 is 2.64 bits per heavy atom. The van der Waals surface area contributed by atoms with Gasteiger partial charge in [-0.2, -0.15) is 0 Å².